The fourth-order valence-corrected chi connectivity index (χ4v) is 4.82. The first-order valence-electron chi connectivity index (χ1n) is 10.1. The molecule has 0 bridgehead atoms. The van der Waals surface area contributed by atoms with E-state index in [4.69, 9.17) is 4.74 Å². The quantitative estimate of drug-likeness (QED) is 0.755. The van der Waals surface area contributed by atoms with Crippen LogP contribution in [0.15, 0.2) is 18.2 Å². The maximum absolute atomic E-state index is 14.1. The number of likely N-dealkylation sites (tertiary alicyclic amines) is 1. The Morgan fingerprint density at radius 2 is 2.00 bits per heavy atom. The van der Waals surface area contributed by atoms with Gasteiger partial charge in [0.15, 0.2) is 0 Å². The molecule has 3 rings (SSSR count). The Morgan fingerprint density at radius 3 is 2.73 bits per heavy atom. The summed E-state index contributed by atoms with van der Waals surface area (Å²) in [5.74, 6) is 0.573. The number of benzene rings is 1. The number of ketones is 1. The molecule has 3 nitrogen and oxygen atoms in total. The third-order valence-electron chi connectivity index (χ3n) is 6.39. The van der Waals surface area contributed by atoms with Gasteiger partial charge in [0.25, 0.3) is 0 Å². The van der Waals surface area contributed by atoms with Crippen molar-refractivity contribution < 1.29 is 13.9 Å². The van der Waals surface area contributed by atoms with Gasteiger partial charge in [-0.1, -0.05) is 31.4 Å². The number of halogens is 1. The molecule has 1 saturated carbocycles. The highest BCUT2D eigenvalue weighted by atomic mass is 19.1. The molecule has 1 heterocycles. The number of carbonyl (C=O) groups is 1. The summed E-state index contributed by atoms with van der Waals surface area (Å²) in [6, 6.07) is 5.33. The van der Waals surface area contributed by atoms with Crippen LogP contribution in [0.3, 0.4) is 0 Å². The van der Waals surface area contributed by atoms with Crippen LogP contribution in [0.2, 0.25) is 0 Å². The summed E-state index contributed by atoms with van der Waals surface area (Å²) in [4.78, 5) is 15.7. The third-order valence-corrected chi connectivity index (χ3v) is 6.39. The second-order valence-electron chi connectivity index (χ2n) is 7.99. The summed E-state index contributed by atoms with van der Waals surface area (Å²) in [5, 5.41) is 0. The van der Waals surface area contributed by atoms with Crippen LogP contribution in [-0.4, -0.2) is 44.0 Å². The number of carbonyl (C=O) groups excluding carboxylic acids is 1. The van der Waals surface area contributed by atoms with Gasteiger partial charge in [0, 0.05) is 32.0 Å². The molecule has 2 aliphatic rings. The number of hydrogen-bond donors (Lipinski definition) is 0. The summed E-state index contributed by atoms with van der Waals surface area (Å²) in [7, 11) is 1.72. The maximum atomic E-state index is 14.1. The molecule has 4 heteroatoms. The second-order valence-corrected chi connectivity index (χ2v) is 7.99. The summed E-state index contributed by atoms with van der Waals surface area (Å²) in [6.07, 6.45) is 6.56. The van der Waals surface area contributed by atoms with Crippen molar-refractivity contribution in [3.63, 3.8) is 0 Å². The number of piperidine rings is 1. The van der Waals surface area contributed by atoms with Gasteiger partial charge in [-0.15, -0.1) is 0 Å². The molecule has 2 fully saturated rings. The molecule has 0 unspecified atom stereocenters. The highest BCUT2D eigenvalue weighted by Gasteiger charge is 2.38. The normalized spacial score (nSPS) is 25.3. The first-order valence-corrected chi connectivity index (χ1v) is 10.1. The molecule has 1 aliphatic carbocycles. The number of nitrogens with zero attached hydrogens (tertiary/aromatic N) is 1. The molecule has 0 amide bonds. The number of hydrogen-bond acceptors (Lipinski definition) is 3. The Balaban J connectivity index is 1.83. The summed E-state index contributed by atoms with van der Waals surface area (Å²) >= 11 is 0. The van der Waals surface area contributed by atoms with Crippen LogP contribution < -0.4 is 0 Å². The minimum absolute atomic E-state index is 0.0239. The third kappa shape index (κ3) is 4.34. The van der Waals surface area contributed by atoms with E-state index in [2.05, 4.69) is 4.90 Å². The number of rotatable bonds is 6. The summed E-state index contributed by atoms with van der Waals surface area (Å²) in [5.41, 5.74) is 1.75. The second kappa shape index (κ2) is 9.09. The van der Waals surface area contributed by atoms with E-state index in [1.54, 1.807) is 13.2 Å². The molecule has 1 aliphatic heterocycles. The summed E-state index contributed by atoms with van der Waals surface area (Å²) < 4.78 is 19.4. The van der Waals surface area contributed by atoms with Gasteiger partial charge in [-0.3, -0.25) is 4.79 Å². The van der Waals surface area contributed by atoms with Crippen molar-refractivity contribution in [2.24, 2.45) is 11.8 Å². The lowest BCUT2D eigenvalue weighted by molar-refractivity contribution is -0.130. The van der Waals surface area contributed by atoms with Crippen LogP contribution in [0, 0.1) is 24.6 Å². The van der Waals surface area contributed by atoms with Crippen molar-refractivity contribution in [2.45, 2.75) is 51.4 Å². The number of methoxy groups -OCH3 is 1. The molecule has 0 aromatic heterocycles. The minimum Gasteiger partial charge on any atom is -0.383 e. The van der Waals surface area contributed by atoms with Crippen LogP contribution in [0.1, 0.15) is 55.6 Å². The first-order chi connectivity index (χ1) is 12.6. The Morgan fingerprint density at radius 1 is 1.23 bits per heavy atom. The number of ether oxygens (including phenoxy) is 1. The molecule has 0 N–H and O–H groups in total. The highest BCUT2D eigenvalue weighted by molar-refractivity contribution is 5.85. The molecule has 2 atom stereocenters. The lowest BCUT2D eigenvalue weighted by atomic mass is 9.71. The Bertz CT molecular complexity index is 612. The maximum Gasteiger partial charge on any atom is 0.140 e. The van der Waals surface area contributed by atoms with Gasteiger partial charge in [0.2, 0.25) is 0 Å². The van der Waals surface area contributed by atoms with Gasteiger partial charge in [-0.05, 0) is 55.8 Å². The van der Waals surface area contributed by atoms with Crippen molar-refractivity contribution >= 4 is 5.78 Å². The SMILES string of the molecule is COCCN1CC[C@H](c2cccc(F)c2C)[C@@H](C(=O)C2CCCCC2)C1. The van der Waals surface area contributed by atoms with Crippen LogP contribution in [0.25, 0.3) is 0 Å². The van der Waals surface area contributed by atoms with E-state index in [9.17, 15) is 9.18 Å². The Hall–Kier alpha value is -1.26. The molecule has 1 aromatic carbocycles. The van der Waals surface area contributed by atoms with Crippen LogP contribution >= 0.6 is 0 Å². The minimum atomic E-state index is -0.159. The largest absolute Gasteiger partial charge is 0.383 e. The topological polar surface area (TPSA) is 29.5 Å². The van der Waals surface area contributed by atoms with Crippen molar-refractivity contribution in [1.29, 1.82) is 0 Å². The molecule has 0 spiro atoms. The van der Waals surface area contributed by atoms with E-state index < -0.39 is 0 Å². The lowest BCUT2D eigenvalue weighted by Gasteiger charge is -2.40. The van der Waals surface area contributed by atoms with Crippen molar-refractivity contribution in [2.75, 3.05) is 33.4 Å². The molecule has 1 saturated heterocycles. The van der Waals surface area contributed by atoms with E-state index in [1.165, 1.54) is 25.3 Å². The van der Waals surface area contributed by atoms with E-state index in [0.717, 1.165) is 44.5 Å². The highest BCUT2D eigenvalue weighted by Crippen LogP contribution is 2.39. The molecular weight excluding hydrogens is 329 g/mol. The predicted octanol–water partition coefficient (Wildman–Crippen LogP) is 4.34. The number of Topliss-reactive ketones (excluding diaryl/α,β-unsaturated/α-hetero) is 1. The molecule has 1 aromatic rings. The van der Waals surface area contributed by atoms with Crippen molar-refractivity contribution in [1.82, 2.24) is 4.90 Å². The van der Waals surface area contributed by atoms with E-state index in [0.29, 0.717) is 18.0 Å². The van der Waals surface area contributed by atoms with Gasteiger partial charge < -0.3 is 9.64 Å². The van der Waals surface area contributed by atoms with E-state index in [-0.39, 0.29) is 23.6 Å². The average molecular weight is 362 g/mol. The van der Waals surface area contributed by atoms with Crippen LogP contribution in [0.4, 0.5) is 4.39 Å². The van der Waals surface area contributed by atoms with Gasteiger partial charge in [0.05, 0.1) is 6.61 Å². The Labute approximate surface area is 156 Å². The fourth-order valence-electron chi connectivity index (χ4n) is 4.82. The zero-order valence-corrected chi connectivity index (χ0v) is 16.2. The smallest absolute Gasteiger partial charge is 0.140 e. The molecular formula is C22H32FNO2. The standard InChI is InChI=1S/C22H32FNO2/c1-16-18(9-6-10-21(16)23)19-11-12-24(13-14-26-2)15-20(19)22(25)17-7-4-3-5-8-17/h6,9-10,17,19-20H,3-5,7-8,11-15H2,1-2H3/t19-,20+/m1/s1. The van der Waals surface area contributed by atoms with E-state index >= 15 is 0 Å². The van der Waals surface area contributed by atoms with Gasteiger partial charge in [0.1, 0.15) is 11.6 Å². The van der Waals surface area contributed by atoms with Crippen molar-refractivity contribution in [3.05, 3.63) is 35.1 Å². The molecule has 26 heavy (non-hydrogen) atoms. The Kier molecular flexibility index (Phi) is 6.82. The molecule has 144 valence electrons. The van der Waals surface area contributed by atoms with Crippen LogP contribution in [0.5, 0.6) is 0 Å². The van der Waals surface area contributed by atoms with Gasteiger partial charge in [-0.2, -0.15) is 0 Å². The predicted molar refractivity (Wildman–Crippen MR) is 102 cm³/mol. The van der Waals surface area contributed by atoms with Crippen LogP contribution in [-0.2, 0) is 9.53 Å². The summed E-state index contributed by atoms with van der Waals surface area (Å²) in [6.45, 7) is 5.12. The monoisotopic (exact) mass is 361 g/mol. The van der Waals surface area contributed by atoms with Crippen molar-refractivity contribution in [3.8, 4) is 0 Å². The fraction of sp³-hybridized carbons (Fsp3) is 0.682. The average Bonchev–Trinajstić information content (AvgIpc) is 2.68. The van der Waals surface area contributed by atoms with Gasteiger partial charge in [-0.25, -0.2) is 4.39 Å². The lowest BCUT2D eigenvalue weighted by Crippen LogP contribution is -2.46. The zero-order valence-electron chi connectivity index (χ0n) is 16.2. The van der Waals surface area contributed by atoms with E-state index in [1.807, 2.05) is 13.0 Å². The van der Waals surface area contributed by atoms with Gasteiger partial charge >= 0.3 is 0 Å². The zero-order chi connectivity index (χ0) is 18.5. The molecule has 0 radical (unpaired) electrons. The first kappa shape index (κ1) is 19.5.